The predicted octanol–water partition coefficient (Wildman–Crippen LogP) is 4.79. The SMILES string of the molecule is Cc1ccc(C(C)Cc2nc3ccccc3o2)c(C)c1. The molecule has 1 atom stereocenters. The molecule has 0 radical (unpaired) electrons. The molecule has 1 aromatic heterocycles. The average Bonchev–Trinajstić information content (AvgIpc) is 2.80. The van der Waals surface area contributed by atoms with E-state index in [1.165, 1.54) is 16.7 Å². The van der Waals surface area contributed by atoms with Gasteiger partial charge in [-0.05, 0) is 43.0 Å². The summed E-state index contributed by atoms with van der Waals surface area (Å²) in [6, 6.07) is 14.5. The van der Waals surface area contributed by atoms with Crippen molar-refractivity contribution < 1.29 is 4.42 Å². The van der Waals surface area contributed by atoms with Crippen LogP contribution in [0.15, 0.2) is 46.9 Å². The highest BCUT2D eigenvalue weighted by Crippen LogP contribution is 2.25. The smallest absolute Gasteiger partial charge is 0.196 e. The highest BCUT2D eigenvalue weighted by molar-refractivity contribution is 5.72. The number of aromatic nitrogens is 1. The Balaban J connectivity index is 1.86. The average molecular weight is 265 g/mol. The number of fused-ring (bicyclic) bond motifs is 1. The molecule has 2 aromatic carbocycles. The van der Waals surface area contributed by atoms with Crippen molar-refractivity contribution in [3.05, 3.63) is 65.0 Å². The summed E-state index contributed by atoms with van der Waals surface area (Å²) in [4.78, 5) is 4.56. The second kappa shape index (κ2) is 5.12. The van der Waals surface area contributed by atoms with Crippen molar-refractivity contribution >= 4 is 11.1 Å². The van der Waals surface area contributed by atoms with E-state index in [9.17, 15) is 0 Å². The fourth-order valence-electron chi connectivity index (χ4n) is 2.76. The van der Waals surface area contributed by atoms with Gasteiger partial charge in [0.15, 0.2) is 11.5 Å². The van der Waals surface area contributed by atoms with Gasteiger partial charge in [-0.1, -0.05) is 42.8 Å². The summed E-state index contributed by atoms with van der Waals surface area (Å²) >= 11 is 0. The Morgan fingerprint density at radius 1 is 1.10 bits per heavy atom. The zero-order chi connectivity index (χ0) is 14.1. The molecule has 0 aliphatic heterocycles. The zero-order valence-corrected chi connectivity index (χ0v) is 12.2. The predicted molar refractivity (Wildman–Crippen MR) is 82.0 cm³/mol. The Morgan fingerprint density at radius 3 is 2.65 bits per heavy atom. The Bertz CT molecular complexity index is 709. The topological polar surface area (TPSA) is 26.0 Å². The van der Waals surface area contributed by atoms with E-state index >= 15 is 0 Å². The molecule has 0 N–H and O–H groups in total. The van der Waals surface area contributed by atoms with Crippen LogP contribution in [0.3, 0.4) is 0 Å². The van der Waals surface area contributed by atoms with E-state index in [0.717, 1.165) is 23.4 Å². The highest BCUT2D eigenvalue weighted by atomic mass is 16.3. The summed E-state index contributed by atoms with van der Waals surface area (Å²) in [5.74, 6) is 1.22. The summed E-state index contributed by atoms with van der Waals surface area (Å²) < 4.78 is 5.81. The molecule has 0 saturated heterocycles. The number of hydrogen-bond acceptors (Lipinski definition) is 2. The van der Waals surface area contributed by atoms with E-state index in [-0.39, 0.29) is 0 Å². The fourth-order valence-corrected chi connectivity index (χ4v) is 2.76. The molecular formula is C18H19NO. The van der Waals surface area contributed by atoms with E-state index in [2.05, 4.69) is 44.0 Å². The second-order valence-electron chi connectivity index (χ2n) is 5.54. The van der Waals surface area contributed by atoms with Gasteiger partial charge in [0, 0.05) is 6.42 Å². The third kappa shape index (κ3) is 2.46. The van der Waals surface area contributed by atoms with Crippen LogP contribution in [0.2, 0.25) is 0 Å². The lowest BCUT2D eigenvalue weighted by atomic mass is 9.92. The highest BCUT2D eigenvalue weighted by Gasteiger charge is 2.13. The molecule has 0 bridgehead atoms. The van der Waals surface area contributed by atoms with Crippen molar-refractivity contribution in [1.29, 1.82) is 0 Å². The van der Waals surface area contributed by atoms with Gasteiger partial charge in [0.2, 0.25) is 0 Å². The number of para-hydroxylation sites is 2. The molecule has 0 fully saturated rings. The minimum Gasteiger partial charge on any atom is -0.441 e. The van der Waals surface area contributed by atoms with Crippen molar-refractivity contribution in [1.82, 2.24) is 4.98 Å². The minimum absolute atomic E-state index is 0.406. The Morgan fingerprint density at radius 2 is 1.90 bits per heavy atom. The third-order valence-electron chi connectivity index (χ3n) is 3.78. The maximum atomic E-state index is 5.81. The van der Waals surface area contributed by atoms with Gasteiger partial charge in [-0.15, -0.1) is 0 Å². The molecule has 0 saturated carbocycles. The molecule has 1 unspecified atom stereocenters. The van der Waals surface area contributed by atoms with Crippen LogP contribution in [-0.2, 0) is 6.42 Å². The summed E-state index contributed by atoms with van der Waals surface area (Å²) in [6.45, 7) is 6.53. The molecule has 0 aliphatic carbocycles. The molecule has 2 heteroatoms. The quantitative estimate of drug-likeness (QED) is 0.680. The summed E-state index contributed by atoms with van der Waals surface area (Å²) in [5, 5.41) is 0. The van der Waals surface area contributed by atoms with Gasteiger partial charge in [0.05, 0.1) is 0 Å². The van der Waals surface area contributed by atoms with Crippen molar-refractivity contribution in [3.63, 3.8) is 0 Å². The van der Waals surface area contributed by atoms with Gasteiger partial charge in [-0.25, -0.2) is 4.98 Å². The number of hydrogen-bond donors (Lipinski definition) is 0. The van der Waals surface area contributed by atoms with Gasteiger partial charge in [-0.3, -0.25) is 0 Å². The normalized spacial score (nSPS) is 12.8. The van der Waals surface area contributed by atoms with Gasteiger partial charge >= 0.3 is 0 Å². The minimum atomic E-state index is 0.406. The van der Waals surface area contributed by atoms with Crippen LogP contribution in [0.5, 0.6) is 0 Å². The van der Waals surface area contributed by atoms with Crippen molar-refractivity contribution in [2.45, 2.75) is 33.1 Å². The first-order valence-electron chi connectivity index (χ1n) is 7.05. The first-order chi connectivity index (χ1) is 9.63. The van der Waals surface area contributed by atoms with E-state index < -0.39 is 0 Å². The molecule has 0 amide bonds. The van der Waals surface area contributed by atoms with Crippen LogP contribution in [0.25, 0.3) is 11.1 Å². The van der Waals surface area contributed by atoms with Crippen LogP contribution in [-0.4, -0.2) is 4.98 Å². The second-order valence-corrected chi connectivity index (χ2v) is 5.54. The molecule has 2 nitrogen and oxygen atoms in total. The standard InChI is InChI=1S/C18H19NO/c1-12-8-9-15(13(2)10-12)14(3)11-18-19-16-6-4-5-7-17(16)20-18/h4-10,14H,11H2,1-3H3. The number of oxazole rings is 1. The van der Waals surface area contributed by atoms with Crippen LogP contribution < -0.4 is 0 Å². The molecule has 102 valence electrons. The first-order valence-corrected chi connectivity index (χ1v) is 7.05. The van der Waals surface area contributed by atoms with E-state index in [1.807, 2.05) is 24.3 Å². The number of rotatable bonds is 3. The third-order valence-corrected chi connectivity index (χ3v) is 3.78. The first kappa shape index (κ1) is 12.9. The van der Waals surface area contributed by atoms with E-state index in [1.54, 1.807) is 0 Å². The lowest BCUT2D eigenvalue weighted by Crippen LogP contribution is -2.01. The van der Waals surface area contributed by atoms with Crippen molar-refractivity contribution in [3.8, 4) is 0 Å². The summed E-state index contributed by atoms with van der Waals surface area (Å²) in [5.41, 5.74) is 5.83. The van der Waals surface area contributed by atoms with Gasteiger partial charge in [0.25, 0.3) is 0 Å². The lowest BCUT2D eigenvalue weighted by molar-refractivity contribution is 0.507. The van der Waals surface area contributed by atoms with Gasteiger partial charge in [0.1, 0.15) is 5.52 Å². The number of benzene rings is 2. The molecule has 20 heavy (non-hydrogen) atoms. The van der Waals surface area contributed by atoms with Gasteiger partial charge in [-0.2, -0.15) is 0 Å². The van der Waals surface area contributed by atoms with Crippen molar-refractivity contribution in [2.75, 3.05) is 0 Å². The van der Waals surface area contributed by atoms with Crippen LogP contribution in [0.4, 0.5) is 0 Å². The van der Waals surface area contributed by atoms with Crippen LogP contribution >= 0.6 is 0 Å². The van der Waals surface area contributed by atoms with E-state index in [4.69, 9.17) is 4.42 Å². The number of nitrogens with zero attached hydrogens (tertiary/aromatic N) is 1. The van der Waals surface area contributed by atoms with E-state index in [0.29, 0.717) is 5.92 Å². The monoisotopic (exact) mass is 265 g/mol. The molecular weight excluding hydrogens is 246 g/mol. The molecule has 1 heterocycles. The molecule has 3 rings (SSSR count). The maximum absolute atomic E-state index is 5.81. The molecule has 0 spiro atoms. The summed E-state index contributed by atoms with van der Waals surface area (Å²) in [7, 11) is 0. The Labute approximate surface area is 119 Å². The Kier molecular flexibility index (Phi) is 3.31. The Hall–Kier alpha value is -2.09. The van der Waals surface area contributed by atoms with Crippen LogP contribution in [0.1, 0.15) is 35.4 Å². The maximum Gasteiger partial charge on any atom is 0.196 e. The fraction of sp³-hybridized carbons (Fsp3) is 0.278. The lowest BCUT2D eigenvalue weighted by Gasteiger charge is -2.13. The zero-order valence-electron chi connectivity index (χ0n) is 12.2. The van der Waals surface area contributed by atoms with Gasteiger partial charge < -0.3 is 4.42 Å². The molecule has 3 aromatic rings. The largest absolute Gasteiger partial charge is 0.441 e. The summed E-state index contributed by atoms with van der Waals surface area (Å²) in [6.07, 6.45) is 0.832. The van der Waals surface area contributed by atoms with Crippen LogP contribution in [0, 0.1) is 13.8 Å². The van der Waals surface area contributed by atoms with Crippen molar-refractivity contribution in [2.24, 2.45) is 0 Å². The molecule has 0 aliphatic rings. The number of aryl methyl sites for hydroxylation is 2.